The molecule has 0 aliphatic rings. The van der Waals surface area contributed by atoms with Crippen LogP contribution in [0.3, 0.4) is 0 Å². The van der Waals surface area contributed by atoms with Crippen LogP contribution >= 0.6 is 0 Å². The van der Waals surface area contributed by atoms with E-state index in [4.69, 9.17) is 4.74 Å². The largest absolute Gasteiger partial charge is 0.507 e. The first kappa shape index (κ1) is 16.5. The van der Waals surface area contributed by atoms with E-state index in [1.54, 1.807) is 25.3 Å². The normalized spacial score (nSPS) is 10.6. The summed E-state index contributed by atoms with van der Waals surface area (Å²) in [5.41, 5.74) is 3.25. The minimum absolute atomic E-state index is 0.126. The smallest absolute Gasteiger partial charge is 0.124 e. The highest BCUT2D eigenvalue weighted by atomic mass is 16.5. The summed E-state index contributed by atoms with van der Waals surface area (Å²) in [5, 5.41) is 18.5. The van der Waals surface area contributed by atoms with Crippen molar-refractivity contribution in [1.29, 1.82) is 0 Å². The number of ether oxygens (including phenoxy) is 1. The molecule has 4 nitrogen and oxygen atoms in total. The van der Waals surface area contributed by atoms with Crippen LogP contribution in [0.25, 0.3) is 0 Å². The van der Waals surface area contributed by atoms with Gasteiger partial charge in [0, 0.05) is 16.7 Å². The Bertz CT molecular complexity index is 847. The van der Waals surface area contributed by atoms with Crippen molar-refractivity contribution in [3.05, 3.63) is 95.6 Å². The van der Waals surface area contributed by atoms with Gasteiger partial charge in [-0.25, -0.2) is 0 Å². The molecule has 0 aliphatic heterocycles. The summed E-state index contributed by atoms with van der Waals surface area (Å²) in [5.74, 6) is 0.773. The maximum atomic E-state index is 9.93. The van der Waals surface area contributed by atoms with Gasteiger partial charge in [0.1, 0.15) is 17.2 Å². The molecule has 0 heterocycles. The quantitative estimate of drug-likeness (QED) is 0.561. The highest BCUT2D eigenvalue weighted by Gasteiger charge is 2.06. The van der Waals surface area contributed by atoms with E-state index in [0.717, 1.165) is 16.8 Å². The molecule has 3 aromatic carbocycles. The lowest BCUT2D eigenvalue weighted by Gasteiger charge is -2.05. The molecule has 3 rings (SSSR count). The van der Waals surface area contributed by atoms with E-state index < -0.39 is 0 Å². The number of phenolic OH excluding ortho intramolecular Hbond substituents is 1. The minimum atomic E-state index is 0.126. The fourth-order valence-corrected chi connectivity index (χ4v) is 2.39. The molecular formula is C21H18N2O2. The molecule has 124 valence electrons. The Morgan fingerprint density at radius 3 is 2.04 bits per heavy atom. The molecule has 0 unspecified atom stereocenters. The summed E-state index contributed by atoms with van der Waals surface area (Å²) in [4.78, 5) is 0. The molecule has 0 saturated heterocycles. The first-order valence-electron chi connectivity index (χ1n) is 7.87. The predicted molar refractivity (Wildman–Crippen MR) is 101 cm³/mol. The number of benzene rings is 3. The Morgan fingerprint density at radius 2 is 1.48 bits per heavy atom. The molecule has 0 bridgehead atoms. The molecule has 0 radical (unpaired) electrons. The second-order valence-corrected chi connectivity index (χ2v) is 5.35. The van der Waals surface area contributed by atoms with Crippen molar-refractivity contribution in [2.45, 2.75) is 0 Å². The van der Waals surface area contributed by atoms with Gasteiger partial charge in [-0.05, 0) is 18.2 Å². The first-order chi connectivity index (χ1) is 12.3. The molecule has 0 aromatic heterocycles. The maximum Gasteiger partial charge on any atom is 0.124 e. The molecule has 0 atom stereocenters. The molecule has 0 amide bonds. The van der Waals surface area contributed by atoms with Gasteiger partial charge in [0.05, 0.1) is 13.3 Å². The second-order valence-electron chi connectivity index (χ2n) is 5.35. The number of rotatable bonds is 5. The number of nitrogens with zero attached hydrogens (tertiary/aromatic N) is 2. The highest BCUT2D eigenvalue weighted by Crippen LogP contribution is 2.21. The SMILES string of the molecule is COc1ccc(O)c(C=NN=C(c2ccccc2)c2ccccc2)c1. The molecule has 25 heavy (non-hydrogen) atoms. The van der Waals surface area contributed by atoms with E-state index in [2.05, 4.69) is 10.2 Å². The van der Waals surface area contributed by atoms with Crippen molar-refractivity contribution in [3.63, 3.8) is 0 Å². The topological polar surface area (TPSA) is 54.2 Å². The summed E-state index contributed by atoms with van der Waals surface area (Å²) in [6.07, 6.45) is 1.52. The van der Waals surface area contributed by atoms with Crippen molar-refractivity contribution < 1.29 is 9.84 Å². The Balaban J connectivity index is 1.97. The van der Waals surface area contributed by atoms with Crippen LogP contribution in [-0.4, -0.2) is 24.1 Å². The van der Waals surface area contributed by atoms with Crippen LogP contribution in [0.15, 0.2) is 89.1 Å². The molecule has 0 spiro atoms. The van der Waals surface area contributed by atoms with Crippen LogP contribution in [0.1, 0.15) is 16.7 Å². The fraction of sp³-hybridized carbons (Fsp3) is 0.0476. The third kappa shape index (κ3) is 4.12. The molecule has 0 fully saturated rings. The van der Waals surface area contributed by atoms with Gasteiger partial charge < -0.3 is 9.84 Å². The number of methoxy groups -OCH3 is 1. The Kier molecular flexibility index (Phi) is 5.22. The minimum Gasteiger partial charge on any atom is -0.507 e. The van der Waals surface area contributed by atoms with Crippen molar-refractivity contribution >= 4 is 11.9 Å². The lowest BCUT2D eigenvalue weighted by atomic mass is 10.0. The molecule has 3 aromatic rings. The summed E-state index contributed by atoms with van der Waals surface area (Å²) >= 11 is 0. The third-order valence-electron chi connectivity index (χ3n) is 3.68. The lowest BCUT2D eigenvalue weighted by molar-refractivity contribution is 0.412. The van der Waals surface area contributed by atoms with Gasteiger partial charge in [-0.3, -0.25) is 0 Å². The Morgan fingerprint density at radius 1 is 0.880 bits per heavy atom. The number of hydrogen-bond acceptors (Lipinski definition) is 4. The van der Waals surface area contributed by atoms with Crippen LogP contribution in [0.5, 0.6) is 11.5 Å². The van der Waals surface area contributed by atoms with E-state index in [1.807, 2.05) is 60.7 Å². The fourth-order valence-electron chi connectivity index (χ4n) is 2.39. The number of hydrogen-bond donors (Lipinski definition) is 1. The van der Waals surface area contributed by atoms with Crippen LogP contribution < -0.4 is 4.74 Å². The lowest BCUT2D eigenvalue weighted by Crippen LogP contribution is -2.02. The third-order valence-corrected chi connectivity index (χ3v) is 3.68. The average molecular weight is 330 g/mol. The van der Waals surface area contributed by atoms with E-state index in [1.165, 1.54) is 6.21 Å². The van der Waals surface area contributed by atoms with Crippen molar-refractivity contribution in [1.82, 2.24) is 0 Å². The van der Waals surface area contributed by atoms with Gasteiger partial charge in [-0.15, -0.1) is 5.10 Å². The van der Waals surface area contributed by atoms with Gasteiger partial charge in [0.15, 0.2) is 0 Å². The van der Waals surface area contributed by atoms with Crippen LogP contribution in [0.2, 0.25) is 0 Å². The van der Waals surface area contributed by atoms with Crippen LogP contribution in [0.4, 0.5) is 0 Å². The number of aromatic hydroxyl groups is 1. The zero-order valence-corrected chi connectivity index (χ0v) is 13.8. The van der Waals surface area contributed by atoms with Crippen LogP contribution in [-0.2, 0) is 0 Å². The molecular weight excluding hydrogens is 312 g/mol. The zero-order valence-electron chi connectivity index (χ0n) is 13.8. The summed E-state index contributed by atoms with van der Waals surface area (Å²) in [7, 11) is 1.58. The monoisotopic (exact) mass is 330 g/mol. The average Bonchev–Trinajstić information content (AvgIpc) is 2.68. The van der Waals surface area contributed by atoms with Crippen molar-refractivity contribution in [2.24, 2.45) is 10.2 Å². The first-order valence-corrected chi connectivity index (χ1v) is 7.87. The Labute approximate surface area is 146 Å². The van der Waals surface area contributed by atoms with E-state index in [0.29, 0.717) is 11.3 Å². The highest BCUT2D eigenvalue weighted by molar-refractivity contribution is 6.13. The van der Waals surface area contributed by atoms with Gasteiger partial charge in [-0.1, -0.05) is 60.7 Å². The summed E-state index contributed by atoms with van der Waals surface area (Å²) in [6, 6.07) is 24.7. The number of phenols is 1. The van der Waals surface area contributed by atoms with Crippen molar-refractivity contribution in [3.8, 4) is 11.5 Å². The van der Waals surface area contributed by atoms with Gasteiger partial charge >= 0.3 is 0 Å². The Hall–Kier alpha value is -3.40. The van der Waals surface area contributed by atoms with E-state index >= 15 is 0 Å². The van der Waals surface area contributed by atoms with Crippen molar-refractivity contribution in [2.75, 3.05) is 7.11 Å². The zero-order chi connectivity index (χ0) is 17.5. The predicted octanol–water partition coefficient (Wildman–Crippen LogP) is 4.27. The maximum absolute atomic E-state index is 9.93. The standard InChI is InChI=1S/C21H18N2O2/c1-25-19-12-13-20(24)18(14-19)15-22-23-21(16-8-4-2-5-9-16)17-10-6-3-7-11-17/h2-15,24H,1H3. The molecule has 1 N–H and O–H groups in total. The molecule has 4 heteroatoms. The molecule has 0 saturated carbocycles. The van der Waals surface area contributed by atoms with Gasteiger partial charge in [0.2, 0.25) is 0 Å². The van der Waals surface area contributed by atoms with Crippen LogP contribution in [0, 0.1) is 0 Å². The summed E-state index contributed by atoms with van der Waals surface area (Å²) < 4.78 is 5.17. The van der Waals surface area contributed by atoms with E-state index in [9.17, 15) is 5.11 Å². The van der Waals surface area contributed by atoms with Gasteiger partial charge in [0.25, 0.3) is 0 Å². The molecule has 0 aliphatic carbocycles. The second kappa shape index (κ2) is 7.93. The summed E-state index contributed by atoms with van der Waals surface area (Å²) in [6.45, 7) is 0. The van der Waals surface area contributed by atoms with E-state index in [-0.39, 0.29) is 5.75 Å². The van der Waals surface area contributed by atoms with Gasteiger partial charge in [-0.2, -0.15) is 5.10 Å².